The summed E-state index contributed by atoms with van der Waals surface area (Å²) in [6.07, 6.45) is 1.86. The first-order valence-corrected chi connectivity index (χ1v) is 6.80. The molecule has 2 rings (SSSR count). The Balaban J connectivity index is 1.94. The smallest absolute Gasteiger partial charge is 0.227 e. The van der Waals surface area contributed by atoms with Crippen molar-refractivity contribution >= 4 is 17.5 Å². The molecule has 0 saturated carbocycles. The summed E-state index contributed by atoms with van der Waals surface area (Å²) in [6, 6.07) is 4.09. The predicted molar refractivity (Wildman–Crippen MR) is 71.5 cm³/mol. The molecule has 0 atom stereocenters. The van der Waals surface area contributed by atoms with E-state index in [0.717, 1.165) is 12.8 Å². The maximum Gasteiger partial charge on any atom is 0.227 e. The minimum atomic E-state index is -0.398. The monoisotopic (exact) mass is 285 g/mol. The van der Waals surface area contributed by atoms with E-state index in [2.05, 4.69) is 0 Å². The Labute approximate surface area is 117 Å². The van der Waals surface area contributed by atoms with Crippen LogP contribution in [0.5, 0.6) is 0 Å². The third-order valence-electron chi connectivity index (χ3n) is 3.58. The van der Waals surface area contributed by atoms with Crippen LogP contribution < -0.4 is 0 Å². The molecule has 0 bridgehead atoms. The average Bonchev–Trinajstić information content (AvgIpc) is 2.42. The first-order chi connectivity index (χ1) is 9.10. The number of benzene rings is 1. The minimum Gasteiger partial charge on any atom is -0.396 e. The van der Waals surface area contributed by atoms with Crippen molar-refractivity contribution in [1.82, 2.24) is 4.90 Å². The van der Waals surface area contributed by atoms with Crippen LogP contribution in [0.25, 0.3) is 0 Å². The van der Waals surface area contributed by atoms with Crippen LogP contribution in [-0.4, -0.2) is 35.6 Å². The molecule has 1 N–H and O–H groups in total. The van der Waals surface area contributed by atoms with E-state index < -0.39 is 5.82 Å². The highest BCUT2D eigenvalue weighted by Gasteiger charge is 2.22. The van der Waals surface area contributed by atoms with Gasteiger partial charge >= 0.3 is 0 Å². The second-order valence-electron chi connectivity index (χ2n) is 4.92. The Bertz CT molecular complexity index is 459. The summed E-state index contributed by atoms with van der Waals surface area (Å²) in [6.45, 7) is 1.53. The van der Waals surface area contributed by atoms with Gasteiger partial charge in [0, 0.05) is 24.7 Å². The zero-order valence-corrected chi connectivity index (χ0v) is 11.4. The molecule has 104 valence electrons. The normalized spacial score (nSPS) is 16.7. The molecule has 19 heavy (non-hydrogen) atoms. The van der Waals surface area contributed by atoms with Crippen LogP contribution in [0, 0.1) is 11.7 Å². The fourth-order valence-electron chi connectivity index (χ4n) is 2.30. The molecule has 1 heterocycles. The largest absolute Gasteiger partial charge is 0.396 e. The summed E-state index contributed by atoms with van der Waals surface area (Å²) in [5, 5.41) is 9.35. The molecule has 0 aliphatic carbocycles. The molecule has 0 spiro atoms. The van der Waals surface area contributed by atoms with Crippen molar-refractivity contribution in [3.05, 3.63) is 34.6 Å². The molecule has 1 fully saturated rings. The second kappa shape index (κ2) is 6.35. The van der Waals surface area contributed by atoms with Gasteiger partial charge < -0.3 is 10.0 Å². The maximum atomic E-state index is 12.9. The standard InChI is InChI=1S/C14H17ClFNO2/c15-13-8-12(16)2-1-11(13)7-14(19)17-5-3-10(9-18)4-6-17/h1-2,8,10,18H,3-7,9H2. The molecule has 1 aliphatic rings. The molecule has 1 aromatic rings. The number of piperidine rings is 1. The fourth-order valence-corrected chi connectivity index (χ4v) is 2.54. The van der Waals surface area contributed by atoms with Crippen LogP contribution in [0.15, 0.2) is 18.2 Å². The SMILES string of the molecule is O=C(Cc1ccc(F)cc1Cl)N1CCC(CO)CC1. The summed E-state index contributed by atoms with van der Waals surface area (Å²) in [5.41, 5.74) is 0.650. The van der Waals surface area contributed by atoms with Gasteiger partial charge in [-0.3, -0.25) is 4.79 Å². The van der Waals surface area contributed by atoms with Crippen LogP contribution in [0.2, 0.25) is 5.02 Å². The molecule has 3 nitrogen and oxygen atoms in total. The average molecular weight is 286 g/mol. The number of hydrogen-bond acceptors (Lipinski definition) is 2. The number of nitrogens with zero attached hydrogens (tertiary/aromatic N) is 1. The fraction of sp³-hybridized carbons (Fsp3) is 0.500. The van der Waals surface area contributed by atoms with E-state index in [9.17, 15) is 9.18 Å². The van der Waals surface area contributed by atoms with Gasteiger partial charge in [0.15, 0.2) is 0 Å². The third kappa shape index (κ3) is 3.67. The van der Waals surface area contributed by atoms with Crippen molar-refractivity contribution in [3.63, 3.8) is 0 Å². The Morgan fingerprint density at radius 2 is 2.11 bits per heavy atom. The van der Waals surface area contributed by atoms with Gasteiger partial charge in [-0.25, -0.2) is 4.39 Å². The molecular formula is C14H17ClFNO2. The van der Waals surface area contributed by atoms with Crippen molar-refractivity contribution in [2.45, 2.75) is 19.3 Å². The predicted octanol–water partition coefficient (Wildman–Crippen LogP) is 2.25. The van der Waals surface area contributed by atoms with E-state index in [1.54, 1.807) is 11.0 Å². The van der Waals surface area contributed by atoms with Gasteiger partial charge in [-0.2, -0.15) is 0 Å². The van der Waals surface area contributed by atoms with E-state index in [-0.39, 0.29) is 18.9 Å². The first kappa shape index (κ1) is 14.3. The lowest BCUT2D eigenvalue weighted by molar-refractivity contribution is -0.132. The summed E-state index contributed by atoms with van der Waals surface area (Å²) < 4.78 is 12.9. The molecule has 1 saturated heterocycles. The summed E-state index contributed by atoms with van der Waals surface area (Å²) in [5.74, 6) is -0.0895. The van der Waals surface area contributed by atoms with Crippen LogP contribution in [-0.2, 0) is 11.2 Å². The van der Waals surface area contributed by atoms with Crippen LogP contribution in [0.4, 0.5) is 4.39 Å². The Kier molecular flexibility index (Phi) is 4.77. The van der Waals surface area contributed by atoms with E-state index >= 15 is 0 Å². The number of rotatable bonds is 3. The first-order valence-electron chi connectivity index (χ1n) is 6.42. The van der Waals surface area contributed by atoms with Gasteiger partial charge in [-0.15, -0.1) is 0 Å². The summed E-state index contributed by atoms with van der Waals surface area (Å²) in [7, 11) is 0. The number of halogens is 2. The Hall–Kier alpha value is -1.13. The Morgan fingerprint density at radius 3 is 2.68 bits per heavy atom. The quantitative estimate of drug-likeness (QED) is 0.925. The minimum absolute atomic E-state index is 0.00454. The van der Waals surface area contributed by atoms with Crippen LogP contribution >= 0.6 is 11.6 Å². The van der Waals surface area contributed by atoms with Crippen molar-refractivity contribution in [3.8, 4) is 0 Å². The van der Waals surface area contributed by atoms with Gasteiger partial charge in [-0.1, -0.05) is 17.7 Å². The van der Waals surface area contributed by atoms with Gasteiger partial charge in [0.2, 0.25) is 5.91 Å². The van der Waals surface area contributed by atoms with Crippen molar-refractivity contribution in [1.29, 1.82) is 0 Å². The molecule has 0 aromatic heterocycles. The van der Waals surface area contributed by atoms with Crippen molar-refractivity contribution in [2.75, 3.05) is 19.7 Å². The molecule has 1 amide bonds. The summed E-state index contributed by atoms with van der Waals surface area (Å²) in [4.78, 5) is 13.9. The molecule has 5 heteroatoms. The molecule has 1 aromatic carbocycles. The van der Waals surface area contributed by atoms with Gasteiger partial charge in [0.05, 0.1) is 6.42 Å². The number of carbonyl (C=O) groups is 1. The van der Waals surface area contributed by atoms with Gasteiger partial charge in [0.1, 0.15) is 5.82 Å². The van der Waals surface area contributed by atoms with Crippen LogP contribution in [0.3, 0.4) is 0 Å². The van der Waals surface area contributed by atoms with Gasteiger partial charge in [0.25, 0.3) is 0 Å². The Morgan fingerprint density at radius 1 is 1.42 bits per heavy atom. The number of aliphatic hydroxyl groups excluding tert-OH is 1. The number of hydrogen-bond donors (Lipinski definition) is 1. The molecular weight excluding hydrogens is 269 g/mol. The number of likely N-dealkylation sites (tertiary alicyclic amines) is 1. The second-order valence-corrected chi connectivity index (χ2v) is 5.33. The van der Waals surface area contributed by atoms with Crippen molar-refractivity contribution in [2.24, 2.45) is 5.92 Å². The molecule has 0 unspecified atom stereocenters. The highest BCUT2D eigenvalue weighted by molar-refractivity contribution is 6.31. The van der Waals surface area contributed by atoms with Crippen LogP contribution in [0.1, 0.15) is 18.4 Å². The number of carbonyl (C=O) groups excluding carboxylic acids is 1. The zero-order chi connectivity index (χ0) is 13.8. The maximum absolute atomic E-state index is 12.9. The number of amides is 1. The topological polar surface area (TPSA) is 40.5 Å². The van der Waals surface area contributed by atoms with E-state index in [1.807, 2.05) is 0 Å². The van der Waals surface area contributed by atoms with Crippen molar-refractivity contribution < 1.29 is 14.3 Å². The van der Waals surface area contributed by atoms with E-state index in [0.29, 0.717) is 29.6 Å². The zero-order valence-electron chi connectivity index (χ0n) is 10.6. The lowest BCUT2D eigenvalue weighted by atomic mass is 9.97. The van der Waals surface area contributed by atoms with E-state index in [1.165, 1.54) is 12.1 Å². The summed E-state index contributed by atoms with van der Waals surface area (Å²) >= 11 is 5.91. The highest BCUT2D eigenvalue weighted by Crippen LogP contribution is 2.21. The lowest BCUT2D eigenvalue weighted by Crippen LogP contribution is -2.40. The van der Waals surface area contributed by atoms with Gasteiger partial charge in [-0.05, 0) is 36.5 Å². The highest BCUT2D eigenvalue weighted by atomic mass is 35.5. The molecule has 0 radical (unpaired) electrons. The molecule has 1 aliphatic heterocycles. The lowest BCUT2D eigenvalue weighted by Gasteiger charge is -2.31. The third-order valence-corrected chi connectivity index (χ3v) is 3.93. The van der Waals surface area contributed by atoms with E-state index in [4.69, 9.17) is 16.7 Å². The number of aliphatic hydroxyl groups is 1.